The molecule has 302 valence electrons. The molecule has 0 unspecified atom stereocenters. The van der Waals surface area contributed by atoms with E-state index in [4.69, 9.17) is 61.9 Å². The molecule has 19 heteroatoms. The van der Waals surface area contributed by atoms with Gasteiger partial charge in [-0.15, -0.1) is 0 Å². The van der Waals surface area contributed by atoms with Crippen molar-refractivity contribution < 1.29 is 85.8 Å². The summed E-state index contributed by atoms with van der Waals surface area (Å²) >= 11 is 0. The Morgan fingerprint density at radius 3 is 0.941 bits per heavy atom. The van der Waals surface area contributed by atoms with Crippen molar-refractivity contribution in [3.63, 3.8) is 0 Å². The highest BCUT2D eigenvalue weighted by atomic mass is 16.6. The number of aliphatic carboxylic acids is 1. The van der Waals surface area contributed by atoms with Gasteiger partial charge in [-0.25, -0.2) is 4.79 Å². The number of methoxy groups -OCH3 is 1. The number of ether oxygens (including phenoxy) is 14. The Hall–Kier alpha value is -2.11. The number of rotatable bonds is 43. The molecule has 0 aromatic rings. The van der Waals surface area contributed by atoms with Crippen molar-refractivity contribution in [1.82, 2.24) is 5.32 Å². The van der Waals surface area contributed by atoms with Crippen LogP contribution in [0.15, 0.2) is 0 Å². The van der Waals surface area contributed by atoms with Crippen LogP contribution in [-0.2, 0) is 80.7 Å². The van der Waals surface area contributed by atoms with Gasteiger partial charge in [0.25, 0.3) is 0 Å². The minimum absolute atomic E-state index is 0.236. The van der Waals surface area contributed by atoms with E-state index < -0.39 is 18.5 Å². The number of amides is 1. The first-order chi connectivity index (χ1) is 25.1. The summed E-state index contributed by atoms with van der Waals surface area (Å²) in [5.41, 5.74) is 0. The molecular formula is C32H61NO18. The van der Waals surface area contributed by atoms with Crippen LogP contribution in [0.5, 0.6) is 0 Å². The summed E-state index contributed by atoms with van der Waals surface area (Å²) in [6.45, 7) is 10.1. The van der Waals surface area contributed by atoms with Crippen LogP contribution in [0.2, 0.25) is 0 Å². The lowest BCUT2D eigenvalue weighted by Gasteiger charge is -2.09. The minimum atomic E-state index is -1.13. The van der Waals surface area contributed by atoms with Crippen LogP contribution in [0.25, 0.3) is 0 Å². The second kappa shape index (κ2) is 42.3. The Kier molecular flexibility index (Phi) is 40.6. The fourth-order valence-electron chi connectivity index (χ4n) is 3.32. The monoisotopic (exact) mass is 747 g/mol. The van der Waals surface area contributed by atoms with Crippen LogP contribution in [0.4, 0.5) is 0 Å². The SMILES string of the molecule is COC(=O)CCOCCOCCOCCOCCOCCOCCOCCOCCOCCOCCOCCOCCNC(=O)COCC(=O)O. The Morgan fingerprint density at radius 2 is 0.667 bits per heavy atom. The molecule has 0 aliphatic rings. The van der Waals surface area contributed by atoms with Crippen LogP contribution < -0.4 is 5.32 Å². The molecule has 0 heterocycles. The van der Waals surface area contributed by atoms with Crippen molar-refractivity contribution in [3.8, 4) is 0 Å². The van der Waals surface area contributed by atoms with E-state index in [0.717, 1.165) is 0 Å². The summed E-state index contributed by atoms with van der Waals surface area (Å²) < 4.78 is 74.1. The summed E-state index contributed by atoms with van der Waals surface area (Å²) in [6.07, 6.45) is 0.236. The average molecular weight is 748 g/mol. The number of carboxylic acids is 1. The average Bonchev–Trinajstić information content (AvgIpc) is 3.12. The molecule has 0 aliphatic carbocycles. The predicted octanol–water partition coefficient (Wildman–Crippen LogP) is -1.03. The van der Waals surface area contributed by atoms with E-state index in [-0.39, 0.29) is 19.0 Å². The van der Waals surface area contributed by atoms with Gasteiger partial charge in [0.2, 0.25) is 5.91 Å². The van der Waals surface area contributed by atoms with Crippen LogP contribution in [-0.4, -0.2) is 208 Å². The van der Waals surface area contributed by atoms with Crippen LogP contribution in [0.3, 0.4) is 0 Å². The van der Waals surface area contributed by atoms with Crippen molar-refractivity contribution in [3.05, 3.63) is 0 Å². The van der Waals surface area contributed by atoms with Crippen molar-refractivity contribution in [1.29, 1.82) is 0 Å². The van der Waals surface area contributed by atoms with Crippen molar-refractivity contribution >= 4 is 17.8 Å². The highest BCUT2D eigenvalue weighted by Crippen LogP contribution is 1.89. The van der Waals surface area contributed by atoms with E-state index in [1.807, 2.05) is 0 Å². The molecule has 0 radical (unpaired) electrons. The van der Waals surface area contributed by atoms with E-state index in [1.165, 1.54) is 7.11 Å². The molecule has 0 spiro atoms. The van der Waals surface area contributed by atoms with Gasteiger partial charge in [-0.3, -0.25) is 9.59 Å². The topological polar surface area (TPSA) is 213 Å². The van der Waals surface area contributed by atoms with Crippen LogP contribution in [0.1, 0.15) is 6.42 Å². The molecular weight excluding hydrogens is 686 g/mol. The molecule has 0 aromatic heterocycles. The third kappa shape index (κ3) is 44.0. The lowest BCUT2D eigenvalue weighted by Crippen LogP contribution is -2.31. The van der Waals surface area contributed by atoms with Gasteiger partial charge in [0.05, 0.1) is 172 Å². The zero-order chi connectivity index (χ0) is 37.1. The maximum atomic E-state index is 11.4. The fraction of sp³-hybridized carbons (Fsp3) is 0.906. The Balaban J connectivity index is 3.10. The molecule has 0 bridgehead atoms. The highest BCUT2D eigenvalue weighted by Gasteiger charge is 2.03. The Morgan fingerprint density at radius 1 is 0.392 bits per heavy atom. The first-order valence-corrected chi connectivity index (χ1v) is 17.1. The molecule has 19 nitrogen and oxygen atoms in total. The minimum Gasteiger partial charge on any atom is -0.480 e. The molecule has 0 atom stereocenters. The molecule has 0 aromatic carbocycles. The van der Waals surface area contributed by atoms with Crippen molar-refractivity contribution in [2.75, 3.05) is 185 Å². The third-order valence-electron chi connectivity index (χ3n) is 5.80. The summed E-state index contributed by atoms with van der Waals surface area (Å²) in [7, 11) is 1.35. The molecule has 1 amide bonds. The molecule has 0 saturated heterocycles. The first kappa shape index (κ1) is 48.9. The Bertz CT molecular complexity index is 766. The lowest BCUT2D eigenvalue weighted by molar-refractivity contribution is -0.144. The summed E-state index contributed by atoms with van der Waals surface area (Å²) in [5.74, 6) is -1.82. The smallest absolute Gasteiger partial charge is 0.329 e. The number of hydrogen-bond acceptors (Lipinski definition) is 17. The zero-order valence-corrected chi connectivity index (χ0v) is 30.2. The third-order valence-corrected chi connectivity index (χ3v) is 5.80. The van der Waals surface area contributed by atoms with Crippen LogP contribution in [0, 0.1) is 0 Å². The molecule has 2 N–H and O–H groups in total. The molecule has 0 saturated carbocycles. The van der Waals surface area contributed by atoms with E-state index in [0.29, 0.717) is 165 Å². The van der Waals surface area contributed by atoms with Crippen molar-refractivity contribution in [2.45, 2.75) is 6.42 Å². The van der Waals surface area contributed by atoms with Gasteiger partial charge in [-0.05, 0) is 0 Å². The maximum absolute atomic E-state index is 11.4. The number of carbonyl (C=O) groups is 3. The van der Waals surface area contributed by atoms with Crippen molar-refractivity contribution in [2.24, 2.45) is 0 Å². The second-order valence-electron chi connectivity index (χ2n) is 9.91. The number of hydrogen-bond donors (Lipinski definition) is 2. The number of nitrogens with one attached hydrogen (secondary N) is 1. The largest absolute Gasteiger partial charge is 0.480 e. The fourth-order valence-corrected chi connectivity index (χ4v) is 3.32. The molecule has 0 rings (SSSR count). The van der Waals surface area contributed by atoms with E-state index in [2.05, 4.69) is 14.8 Å². The predicted molar refractivity (Wildman–Crippen MR) is 178 cm³/mol. The van der Waals surface area contributed by atoms with Gasteiger partial charge in [0.15, 0.2) is 0 Å². The zero-order valence-electron chi connectivity index (χ0n) is 30.2. The standard InChI is InChI=1S/C32H61NO18/c1-38-32(37)2-4-39-6-8-41-10-12-43-14-16-45-18-20-47-22-24-49-26-27-50-25-23-48-21-19-46-17-15-44-13-11-42-9-7-40-5-3-33-30(34)28-51-29-31(35)36/h2-29H2,1H3,(H,33,34)(H,35,36). The normalized spacial score (nSPS) is 11.2. The summed E-state index contributed by atoms with van der Waals surface area (Å²) in [5, 5.41) is 11.0. The van der Waals surface area contributed by atoms with Gasteiger partial charge < -0.3 is 76.7 Å². The number of esters is 1. The van der Waals surface area contributed by atoms with E-state index >= 15 is 0 Å². The van der Waals surface area contributed by atoms with Crippen LogP contribution >= 0.6 is 0 Å². The first-order valence-electron chi connectivity index (χ1n) is 17.1. The highest BCUT2D eigenvalue weighted by molar-refractivity contribution is 5.77. The molecule has 51 heavy (non-hydrogen) atoms. The van der Waals surface area contributed by atoms with Gasteiger partial charge in [0.1, 0.15) is 13.2 Å². The lowest BCUT2D eigenvalue weighted by atomic mass is 10.5. The summed E-state index contributed by atoms with van der Waals surface area (Å²) in [4.78, 5) is 32.6. The van der Waals surface area contributed by atoms with Gasteiger partial charge >= 0.3 is 11.9 Å². The van der Waals surface area contributed by atoms with Gasteiger partial charge in [-0.2, -0.15) is 0 Å². The molecule has 0 aliphatic heterocycles. The van der Waals surface area contributed by atoms with E-state index in [9.17, 15) is 14.4 Å². The number of carboxylic acid groups (broad SMARTS) is 1. The second-order valence-corrected chi connectivity index (χ2v) is 9.91. The Labute approximate surface area is 300 Å². The maximum Gasteiger partial charge on any atom is 0.329 e. The van der Waals surface area contributed by atoms with Gasteiger partial charge in [-0.1, -0.05) is 0 Å². The quantitative estimate of drug-likeness (QED) is 0.0564. The number of carbonyl (C=O) groups excluding carboxylic acids is 2. The van der Waals surface area contributed by atoms with E-state index in [1.54, 1.807) is 0 Å². The van der Waals surface area contributed by atoms with Gasteiger partial charge in [0, 0.05) is 6.54 Å². The summed E-state index contributed by atoms with van der Waals surface area (Å²) in [6, 6.07) is 0. The molecule has 0 fully saturated rings.